The van der Waals surface area contributed by atoms with Crippen molar-refractivity contribution in [3.8, 4) is 17.2 Å². The topological polar surface area (TPSA) is 68.3 Å². The zero-order valence-corrected chi connectivity index (χ0v) is 22.0. The molecule has 1 fully saturated rings. The van der Waals surface area contributed by atoms with Crippen molar-refractivity contribution < 1.29 is 23.8 Å². The van der Waals surface area contributed by atoms with Crippen LogP contribution in [0.3, 0.4) is 0 Å². The summed E-state index contributed by atoms with van der Waals surface area (Å²) in [5.74, 6) is 2.29. The molecule has 2 amide bonds. The highest BCUT2D eigenvalue weighted by Gasteiger charge is 2.35. The van der Waals surface area contributed by atoms with Crippen LogP contribution >= 0.6 is 11.3 Å². The van der Waals surface area contributed by atoms with Crippen LogP contribution in [0.15, 0.2) is 60.0 Å². The van der Waals surface area contributed by atoms with Crippen LogP contribution < -0.4 is 14.2 Å². The molecule has 0 spiro atoms. The van der Waals surface area contributed by atoms with E-state index in [0.29, 0.717) is 42.7 Å². The largest absolute Gasteiger partial charge is 0.497 e. The second-order valence-corrected chi connectivity index (χ2v) is 10.5. The highest BCUT2D eigenvalue weighted by Crippen LogP contribution is 2.35. The molecule has 7 nitrogen and oxygen atoms in total. The molecule has 2 aliphatic rings. The highest BCUT2D eigenvalue weighted by molar-refractivity contribution is 7.10. The van der Waals surface area contributed by atoms with E-state index in [0.717, 1.165) is 30.6 Å². The first-order chi connectivity index (χ1) is 18.1. The minimum Gasteiger partial charge on any atom is -0.497 e. The minimum absolute atomic E-state index is 0.0433. The van der Waals surface area contributed by atoms with Crippen molar-refractivity contribution in [1.29, 1.82) is 0 Å². The van der Waals surface area contributed by atoms with Gasteiger partial charge in [-0.25, -0.2) is 0 Å². The summed E-state index contributed by atoms with van der Waals surface area (Å²) in [5.41, 5.74) is 1.66. The van der Waals surface area contributed by atoms with Gasteiger partial charge in [0.2, 0.25) is 5.91 Å². The van der Waals surface area contributed by atoms with Crippen LogP contribution in [0.1, 0.15) is 39.7 Å². The van der Waals surface area contributed by atoms with Crippen LogP contribution in [-0.2, 0) is 11.2 Å². The van der Waals surface area contributed by atoms with Gasteiger partial charge < -0.3 is 24.0 Å². The fourth-order valence-electron chi connectivity index (χ4n) is 4.76. The molecule has 1 atom stereocenters. The highest BCUT2D eigenvalue weighted by atomic mass is 32.1. The monoisotopic (exact) mass is 520 g/mol. The quantitative estimate of drug-likeness (QED) is 0.383. The van der Waals surface area contributed by atoms with E-state index in [4.69, 9.17) is 14.2 Å². The summed E-state index contributed by atoms with van der Waals surface area (Å²) in [6, 6.07) is 16.5. The molecule has 0 bridgehead atoms. The number of benzene rings is 2. The number of fused-ring (bicyclic) bond motifs is 1. The number of thiophene rings is 1. The first-order valence-electron chi connectivity index (χ1n) is 12.6. The molecule has 0 saturated heterocycles. The molecule has 0 N–H and O–H groups in total. The second kappa shape index (κ2) is 11.3. The first-order valence-corrected chi connectivity index (χ1v) is 13.5. The summed E-state index contributed by atoms with van der Waals surface area (Å²) in [5, 5.41) is 2.07. The number of hydrogen-bond acceptors (Lipinski definition) is 6. The predicted octanol–water partition coefficient (Wildman–Crippen LogP) is 4.82. The molecule has 37 heavy (non-hydrogen) atoms. The number of rotatable bonds is 10. The molecule has 0 unspecified atom stereocenters. The van der Waals surface area contributed by atoms with Crippen LogP contribution in [0.4, 0.5) is 0 Å². The number of carbonyl (C=O) groups excluding carboxylic acids is 2. The molecule has 1 aliphatic carbocycles. The van der Waals surface area contributed by atoms with Crippen molar-refractivity contribution in [2.45, 2.75) is 25.3 Å². The Kier molecular flexibility index (Phi) is 7.65. The van der Waals surface area contributed by atoms with Crippen molar-refractivity contribution in [3.63, 3.8) is 0 Å². The Morgan fingerprint density at radius 3 is 2.49 bits per heavy atom. The smallest absolute Gasteiger partial charge is 0.254 e. The Morgan fingerprint density at radius 2 is 1.73 bits per heavy atom. The van der Waals surface area contributed by atoms with Gasteiger partial charge in [0.15, 0.2) is 0 Å². The molecule has 1 aromatic heterocycles. The summed E-state index contributed by atoms with van der Waals surface area (Å²) in [6.07, 6.45) is 2.99. The Labute approximate surface area is 221 Å². The van der Waals surface area contributed by atoms with E-state index >= 15 is 0 Å². The van der Waals surface area contributed by atoms with Crippen LogP contribution in [-0.4, -0.2) is 62.1 Å². The molecular weight excluding hydrogens is 488 g/mol. The van der Waals surface area contributed by atoms with Gasteiger partial charge in [-0.05, 0) is 72.5 Å². The summed E-state index contributed by atoms with van der Waals surface area (Å²) in [4.78, 5) is 32.1. The fourth-order valence-corrected chi connectivity index (χ4v) is 5.69. The SMILES string of the molecule is COc1cccc(OC[C@H]2c3ccsc3CCN2C(=O)CN(CC2CC2)C(=O)c2cccc(OC)c2)c1. The molecule has 5 rings (SSSR count). The predicted molar refractivity (Wildman–Crippen MR) is 143 cm³/mol. The number of nitrogens with zero attached hydrogens (tertiary/aromatic N) is 2. The van der Waals surface area contributed by atoms with E-state index in [9.17, 15) is 9.59 Å². The van der Waals surface area contributed by atoms with Crippen molar-refractivity contribution >= 4 is 23.2 Å². The van der Waals surface area contributed by atoms with Crippen molar-refractivity contribution in [2.75, 3.05) is 40.5 Å². The third-order valence-corrected chi connectivity index (χ3v) is 7.97. The van der Waals surface area contributed by atoms with Crippen LogP contribution in [0, 0.1) is 5.92 Å². The number of amides is 2. The van der Waals surface area contributed by atoms with Crippen molar-refractivity contribution in [1.82, 2.24) is 9.80 Å². The molecule has 194 valence electrons. The van der Waals surface area contributed by atoms with E-state index < -0.39 is 0 Å². The maximum Gasteiger partial charge on any atom is 0.254 e. The second-order valence-electron chi connectivity index (χ2n) is 9.50. The molecular formula is C29H32N2O5S. The van der Waals surface area contributed by atoms with Gasteiger partial charge in [-0.2, -0.15) is 0 Å². The van der Waals surface area contributed by atoms with E-state index in [-0.39, 0.29) is 24.4 Å². The number of methoxy groups -OCH3 is 2. The van der Waals surface area contributed by atoms with E-state index in [1.54, 1.807) is 48.7 Å². The molecule has 3 aromatic rings. The number of ether oxygens (including phenoxy) is 3. The van der Waals surface area contributed by atoms with Gasteiger partial charge in [0.1, 0.15) is 30.4 Å². The molecule has 2 heterocycles. The lowest BCUT2D eigenvalue weighted by Crippen LogP contribution is -2.48. The van der Waals surface area contributed by atoms with Crippen molar-refractivity contribution in [3.05, 3.63) is 76.0 Å². The Hall–Kier alpha value is -3.52. The Morgan fingerprint density at radius 1 is 1.00 bits per heavy atom. The summed E-state index contributed by atoms with van der Waals surface area (Å²) >= 11 is 1.72. The maximum atomic E-state index is 13.8. The number of hydrogen-bond donors (Lipinski definition) is 0. The van der Waals surface area contributed by atoms with Crippen molar-refractivity contribution in [2.24, 2.45) is 5.92 Å². The summed E-state index contributed by atoms with van der Waals surface area (Å²) in [7, 11) is 3.20. The van der Waals surface area contributed by atoms with Gasteiger partial charge in [0, 0.05) is 29.6 Å². The van der Waals surface area contributed by atoms with Gasteiger partial charge >= 0.3 is 0 Å². The lowest BCUT2D eigenvalue weighted by Gasteiger charge is -2.37. The molecule has 8 heteroatoms. The van der Waals surface area contributed by atoms with Crippen LogP contribution in [0.5, 0.6) is 17.2 Å². The molecule has 2 aromatic carbocycles. The lowest BCUT2D eigenvalue weighted by molar-refractivity contribution is -0.135. The van der Waals surface area contributed by atoms with Gasteiger partial charge in [-0.15, -0.1) is 11.3 Å². The first kappa shape index (κ1) is 25.1. The third kappa shape index (κ3) is 5.91. The van der Waals surface area contributed by atoms with Gasteiger partial charge in [0.05, 0.1) is 20.3 Å². The van der Waals surface area contributed by atoms with E-state index in [1.807, 2.05) is 35.2 Å². The standard InChI is InChI=1S/C29H32N2O5S/c1-34-22-6-3-5-21(15-22)29(33)30(17-20-9-10-20)18-28(32)31-13-11-27-25(12-14-37-27)26(31)19-36-24-8-4-7-23(16-24)35-2/h3-8,12,14-16,20,26H,9-11,13,17-19H2,1-2H3/t26-/m0/s1. The zero-order valence-electron chi connectivity index (χ0n) is 21.2. The molecule has 0 radical (unpaired) electrons. The molecule has 1 aliphatic heterocycles. The maximum absolute atomic E-state index is 13.8. The van der Waals surface area contributed by atoms with E-state index in [2.05, 4.69) is 11.4 Å². The van der Waals surface area contributed by atoms with Crippen LogP contribution in [0.25, 0.3) is 0 Å². The van der Waals surface area contributed by atoms with E-state index in [1.165, 1.54) is 4.88 Å². The normalized spacial score (nSPS) is 16.6. The third-order valence-electron chi connectivity index (χ3n) is 6.97. The van der Waals surface area contributed by atoms with Crippen LogP contribution in [0.2, 0.25) is 0 Å². The van der Waals surface area contributed by atoms with Gasteiger partial charge in [0.25, 0.3) is 5.91 Å². The lowest BCUT2D eigenvalue weighted by atomic mass is 10.00. The number of carbonyl (C=O) groups is 2. The summed E-state index contributed by atoms with van der Waals surface area (Å²) < 4.78 is 16.8. The Bertz CT molecular complexity index is 1250. The minimum atomic E-state index is -0.219. The summed E-state index contributed by atoms with van der Waals surface area (Å²) in [6.45, 7) is 1.56. The zero-order chi connectivity index (χ0) is 25.8. The average molecular weight is 521 g/mol. The van der Waals surface area contributed by atoms with Gasteiger partial charge in [-0.1, -0.05) is 12.1 Å². The Balaban J connectivity index is 1.34. The fraction of sp³-hybridized carbons (Fsp3) is 0.379. The van der Waals surface area contributed by atoms with Gasteiger partial charge in [-0.3, -0.25) is 9.59 Å². The average Bonchev–Trinajstić information content (AvgIpc) is 3.63. The molecule has 1 saturated carbocycles.